The van der Waals surface area contributed by atoms with Gasteiger partial charge in [-0.3, -0.25) is 4.98 Å². The number of thiophene rings is 1. The summed E-state index contributed by atoms with van der Waals surface area (Å²) in [5, 5.41) is 4.53. The van der Waals surface area contributed by atoms with E-state index in [9.17, 15) is 0 Å². The standard InChI is InChI=1S/C15H12Br2N2S/c1-18-14(11-7-13(16)20-15(11)17)10-6-9-4-2-3-5-12(9)19-8-10/h2-8,14,18H,1H3. The molecule has 0 spiro atoms. The number of benzene rings is 1. The van der Waals surface area contributed by atoms with E-state index in [1.54, 1.807) is 11.3 Å². The summed E-state index contributed by atoms with van der Waals surface area (Å²) in [5.74, 6) is 0. The van der Waals surface area contributed by atoms with Crippen molar-refractivity contribution in [1.82, 2.24) is 10.3 Å². The van der Waals surface area contributed by atoms with Crippen molar-refractivity contribution in [2.24, 2.45) is 0 Å². The molecule has 0 saturated carbocycles. The minimum Gasteiger partial charge on any atom is -0.309 e. The van der Waals surface area contributed by atoms with E-state index < -0.39 is 0 Å². The van der Waals surface area contributed by atoms with Crippen LogP contribution in [0.3, 0.4) is 0 Å². The summed E-state index contributed by atoms with van der Waals surface area (Å²) in [6.07, 6.45) is 1.95. The second kappa shape index (κ2) is 5.93. The summed E-state index contributed by atoms with van der Waals surface area (Å²) in [4.78, 5) is 4.55. The maximum absolute atomic E-state index is 4.55. The number of rotatable bonds is 3. The van der Waals surface area contributed by atoms with E-state index in [4.69, 9.17) is 0 Å². The van der Waals surface area contributed by atoms with Gasteiger partial charge in [-0.2, -0.15) is 0 Å². The number of hydrogen-bond acceptors (Lipinski definition) is 3. The zero-order valence-corrected chi connectivity index (χ0v) is 14.7. The lowest BCUT2D eigenvalue weighted by molar-refractivity contribution is 0.690. The fraction of sp³-hybridized carbons (Fsp3) is 0.133. The molecule has 1 atom stereocenters. The summed E-state index contributed by atoms with van der Waals surface area (Å²) in [6, 6.07) is 12.6. The first-order chi connectivity index (χ1) is 9.69. The summed E-state index contributed by atoms with van der Waals surface area (Å²) in [7, 11) is 1.97. The third kappa shape index (κ3) is 2.68. The molecule has 1 N–H and O–H groups in total. The SMILES string of the molecule is CNC(c1cnc2ccccc2c1)c1cc(Br)sc1Br. The number of aromatic nitrogens is 1. The number of halogens is 2. The number of pyridine rings is 1. The molecule has 0 aliphatic heterocycles. The van der Waals surface area contributed by atoms with Gasteiger partial charge in [-0.25, -0.2) is 0 Å². The lowest BCUT2D eigenvalue weighted by Gasteiger charge is -2.16. The molecule has 0 bridgehead atoms. The highest BCUT2D eigenvalue weighted by molar-refractivity contribution is 9.12. The zero-order chi connectivity index (χ0) is 14.1. The normalized spacial score (nSPS) is 12.8. The molecule has 0 saturated heterocycles. The molecule has 0 amide bonds. The van der Waals surface area contributed by atoms with Crippen LogP contribution in [-0.4, -0.2) is 12.0 Å². The van der Waals surface area contributed by atoms with Gasteiger partial charge in [-0.15, -0.1) is 11.3 Å². The monoisotopic (exact) mass is 410 g/mol. The quantitative estimate of drug-likeness (QED) is 0.646. The molecule has 3 aromatic rings. The predicted molar refractivity (Wildman–Crippen MR) is 92.4 cm³/mol. The van der Waals surface area contributed by atoms with E-state index in [1.807, 2.05) is 31.4 Å². The van der Waals surface area contributed by atoms with Gasteiger partial charge in [-0.1, -0.05) is 18.2 Å². The minimum absolute atomic E-state index is 0.129. The van der Waals surface area contributed by atoms with Crippen molar-refractivity contribution in [3.8, 4) is 0 Å². The van der Waals surface area contributed by atoms with Crippen LogP contribution in [0.25, 0.3) is 10.9 Å². The van der Waals surface area contributed by atoms with Gasteiger partial charge in [0.15, 0.2) is 0 Å². The Bertz CT molecular complexity index is 754. The Labute approximate surface area is 138 Å². The number of para-hydroxylation sites is 1. The van der Waals surface area contributed by atoms with Crippen LogP contribution in [0.1, 0.15) is 17.2 Å². The van der Waals surface area contributed by atoms with Crippen molar-refractivity contribution < 1.29 is 0 Å². The summed E-state index contributed by atoms with van der Waals surface area (Å²) in [6.45, 7) is 0. The van der Waals surface area contributed by atoms with Crippen LogP contribution in [0.2, 0.25) is 0 Å². The van der Waals surface area contributed by atoms with Gasteiger partial charge < -0.3 is 5.32 Å². The van der Waals surface area contributed by atoms with Crippen molar-refractivity contribution in [2.45, 2.75) is 6.04 Å². The van der Waals surface area contributed by atoms with Crippen molar-refractivity contribution in [1.29, 1.82) is 0 Å². The van der Waals surface area contributed by atoms with Gasteiger partial charge in [0.2, 0.25) is 0 Å². The number of fused-ring (bicyclic) bond motifs is 1. The molecule has 3 rings (SSSR count). The van der Waals surface area contributed by atoms with Crippen LogP contribution in [0.4, 0.5) is 0 Å². The van der Waals surface area contributed by atoms with Gasteiger partial charge >= 0.3 is 0 Å². The van der Waals surface area contributed by atoms with Crippen LogP contribution in [-0.2, 0) is 0 Å². The highest BCUT2D eigenvalue weighted by Crippen LogP contribution is 2.37. The number of nitrogens with one attached hydrogen (secondary N) is 1. The van der Waals surface area contributed by atoms with E-state index in [1.165, 1.54) is 5.56 Å². The van der Waals surface area contributed by atoms with Crippen LogP contribution in [0.15, 0.2) is 50.2 Å². The summed E-state index contributed by atoms with van der Waals surface area (Å²) >= 11 is 8.86. The molecular formula is C15H12Br2N2S. The van der Waals surface area contributed by atoms with Crippen molar-refractivity contribution >= 4 is 54.1 Å². The minimum atomic E-state index is 0.129. The third-order valence-electron chi connectivity index (χ3n) is 3.23. The lowest BCUT2D eigenvalue weighted by Crippen LogP contribution is -2.17. The average Bonchev–Trinajstić information content (AvgIpc) is 2.78. The molecule has 102 valence electrons. The molecular weight excluding hydrogens is 400 g/mol. The van der Waals surface area contributed by atoms with Crippen LogP contribution >= 0.6 is 43.2 Å². The lowest BCUT2D eigenvalue weighted by atomic mass is 10.0. The first kappa shape index (κ1) is 14.2. The van der Waals surface area contributed by atoms with E-state index in [0.717, 1.165) is 24.0 Å². The zero-order valence-electron chi connectivity index (χ0n) is 10.7. The molecule has 0 radical (unpaired) electrons. The molecule has 0 fully saturated rings. The highest BCUT2D eigenvalue weighted by Gasteiger charge is 2.18. The molecule has 1 unspecified atom stereocenters. The van der Waals surface area contributed by atoms with Crippen molar-refractivity contribution in [3.63, 3.8) is 0 Å². The Balaban J connectivity index is 2.09. The van der Waals surface area contributed by atoms with Crippen molar-refractivity contribution in [2.75, 3.05) is 7.05 Å². The summed E-state index contributed by atoms with van der Waals surface area (Å²) in [5.41, 5.74) is 3.41. The van der Waals surface area contributed by atoms with Gasteiger partial charge in [0.1, 0.15) is 0 Å². The molecule has 2 aromatic heterocycles. The molecule has 0 aliphatic rings. The smallest absolute Gasteiger partial charge is 0.0761 e. The van der Waals surface area contributed by atoms with E-state index in [-0.39, 0.29) is 6.04 Å². The number of hydrogen-bond donors (Lipinski definition) is 1. The van der Waals surface area contributed by atoms with Crippen LogP contribution in [0, 0.1) is 0 Å². The molecule has 2 heterocycles. The maximum Gasteiger partial charge on any atom is 0.0761 e. The van der Waals surface area contributed by atoms with E-state index in [2.05, 4.69) is 60.4 Å². The first-order valence-electron chi connectivity index (χ1n) is 6.15. The Hall–Kier alpha value is -0.750. The second-order valence-corrected chi connectivity index (χ2v) is 8.21. The molecule has 5 heteroatoms. The van der Waals surface area contributed by atoms with Crippen LogP contribution in [0.5, 0.6) is 0 Å². The maximum atomic E-state index is 4.55. The highest BCUT2D eigenvalue weighted by atomic mass is 79.9. The fourth-order valence-corrected chi connectivity index (χ4v) is 5.20. The van der Waals surface area contributed by atoms with Crippen molar-refractivity contribution in [3.05, 3.63) is 61.3 Å². The number of nitrogens with zero attached hydrogens (tertiary/aromatic N) is 1. The van der Waals surface area contributed by atoms with E-state index in [0.29, 0.717) is 0 Å². The Morgan fingerprint density at radius 3 is 2.70 bits per heavy atom. The Kier molecular flexibility index (Phi) is 4.21. The van der Waals surface area contributed by atoms with Gasteiger partial charge in [0, 0.05) is 11.6 Å². The van der Waals surface area contributed by atoms with Gasteiger partial charge in [-0.05, 0) is 68.2 Å². The van der Waals surface area contributed by atoms with Gasteiger partial charge in [0.25, 0.3) is 0 Å². The first-order valence-corrected chi connectivity index (χ1v) is 8.56. The van der Waals surface area contributed by atoms with E-state index >= 15 is 0 Å². The Morgan fingerprint density at radius 2 is 2.00 bits per heavy atom. The van der Waals surface area contributed by atoms with Gasteiger partial charge in [0.05, 0.1) is 19.1 Å². The largest absolute Gasteiger partial charge is 0.309 e. The second-order valence-electron chi connectivity index (χ2n) is 4.46. The average molecular weight is 412 g/mol. The molecule has 1 aromatic carbocycles. The summed E-state index contributed by atoms with van der Waals surface area (Å²) < 4.78 is 2.25. The fourth-order valence-electron chi connectivity index (χ4n) is 2.30. The molecule has 2 nitrogen and oxygen atoms in total. The van der Waals surface area contributed by atoms with Crippen LogP contribution < -0.4 is 5.32 Å². The topological polar surface area (TPSA) is 24.9 Å². The third-order valence-corrected chi connectivity index (χ3v) is 5.61. The predicted octanol–water partition coefficient (Wildman–Crippen LogP) is 5.13. The molecule has 20 heavy (non-hydrogen) atoms. The molecule has 0 aliphatic carbocycles. The Morgan fingerprint density at radius 1 is 1.20 bits per heavy atom.